The van der Waals surface area contributed by atoms with E-state index < -0.39 is 0 Å². The minimum Gasteiger partial charge on any atom is -0.463 e. The van der Waals surface area contributed by atoms with E-state index in [2.05, 4.69) is 4.98 Å². The molecule has 4 nitrogen and oxygen atoms in total. The van der Waals surface area contributed by atoms with Gasteiger partial charge in [0.05, 0.1) is 18.8 Å². The van der Waals surface area contributed by atoms with E-state index in [0.717, 1.165) is 0 Å². The van der Waals surface area contributed by atoms with Gasteiger partial charge in [-0.25, -0.2) is 4.98 Å². The Balaban J connectivity index is 0.000000313. The van der Waals surface area contributed by atoms with Crippen LogP contribution in [0.3, 0.4) is 0 Å². The molecule has 3 rings (SSSR count). The van der Waals surface area contributed by atoms with Gasteiger partial charge in [0.15, 0.2) is 0 Å². The van der Waals surface area contributed by atoms with E-state index >= 15 is 0 Å². The van der Waals surface area contributed by atoms with Crippen LogP contribution in [0, 0.1) is 63.7 Å². The van der Waals surface area contributed by atoms with Crippen molar-refractivity contribution in [1.82, 2.24) is 9.55 Å². The summed E-state index contributed by atoms with van der Waals surface area (Å²) in [6, 6.07) is 0. The summed E-state index contributed by atoms with van der Waals surface area (Å²) in [7, 11) is 0. The van der Waals surface area contributed by atoms with Gasteiger partial charge in [0.2, 0.25) is 0 Å². The summed E-state index contributed by atoms with van der Waals surface area (Å²) in [4.78, 5) is 15.3. The number of ether oxygens (including phenoxy) is 1. The Morgan fingerprint density at radius 2 is 1.67 bits per heavy atom. The van der Waals surface area contributed by atoms with Crippen molar-refractivity contribution >= 4 is 5.97 Å². The van der Waals surface area contributed by atoms with Gasteiger partial charge in [0.1, 0.15) is 6.61 Å². The van der Waals surface area contributed by atoms with Gasteiger partial charge >= 0.3 is 23.0 Å². The van der Waals surface area contributed by atoms with Crippen LogP contribution in [0.2, 0.25) is 0 Å². The van der Waals surface area contributed by atoms with E-state index in [1.807, 2.05) is 55.7 Å². The zero-order valence-corrected chi connectivity index (χ0v) is 12.5. The topological polar surface area (TPSA) is 44.1 Å². The van der Waals surface area contributed by atoms with Crippen molar-refractivity contribution in [3.05, 3.63) is 82.4 Å². The van der Waals surface area contributed by atoms with E-state index in [-0.39, 0.29) is 23.0 Å². The largest absolute Gasteiger partial charge is 2.00 e. The predicted molar refractivity (Wildman–Crippen MR) is 75.1 cm³/mol. The van der Waals surface area contributed by atoms with Gasteiger partial charge in [-0.1, -0.05) is 0 Å². The number of hydrogen-bond acceptors (Lipinski definition) is 3. The molecule has 1 heterocycles. The predicted octanol–water partition coefficient (Wildman–Crippen LogP) is 1.85. The zero-order valence-electron chi connectivity index (χ0n) is 11.4. The average molecular weight is 324 g/mol. The summed E-state index contributed by atoms with van der Waals surface area (Å²) >= 11 is 0. The fourth-order valence-corrected chi connectivity index (χ4v) is 1.58. The summed E-state index contributed by atoms with van der Waals surface area (Å²) in [5.41, 5.74) is 0. The van der Waals surface area contributed by atoms with Crippen LogP contribution >= 0.6 is 0 Å². The summed E-state index contributed by atoms with van der Waals surface area (Å²) in [6.07, 6.45) is 22.3. The van der Waals surface area contributed by atoms with E-state index in [4.69, 9.17) is 4.74 Å². The molecular formula is C16H16FeN2O2+2. The van der Waals surface area contributed by atoms with Gasteiger partial charge in [0.25, 0.3) is 0 Å². The van der Waals surface area contributed by atoms with Crippen LogP contribution in [-0.4, -0.2) is 22.1 Å². The SMILES string of the molecule is O=C(OCCn1ccnc1)[C]1[CH][CH][CH][CH]1.[CH]1[CH][CH][CH][CH]1.[Fe+2]. The third kappa shape index (κ3) is 7.14. The monoisotopic (exact) mass is 324 g/mol. The molecule has 2 aliphatic carbocycles. The number of aromatic nitrogens is 2. The molecule has 21 heavy (non-hydrogen) atoms. The molecule has 0 atom stereocenters. The maximum Gasteiger partial charge on any atom is 2.00 e. The molecule has 0 unspecified atom stereocenters. The first-order valence-corrected chi connectivity index (χ1v) is 6.37. The second-order valence-corrected chi connectivity index (χ2v) is 4.07. The van der Waals surface area contributed by atoms with Crippen molar-refractivity contribution in [3.63, 3.8) is 0 Å². The third-order valence-corrected chi connectivity index (χ3v) is 2.60. The van der Waals surface area contributed by atoms with E-state index in [0.29, 0.717) is 19.1 Å². The van der Waals surface area contributed by atoms with Crippen molar-refractivity contribution in [3.8, 4) is 0 Å². The summed E-state index contributed by atoms with van der Waals surface area (Å²) in [5.74, 6) is 0.320. The Labute approximate surface area is 138 Å². The molecule has 0 N–H and O–H groups in total. The molecule has 2 fully saturated rings. The molecule has 108 valence electrons. The van der Waals surface area contributed by atoms with E-state index in [1.54, 1.807) is 25.4 Å². The maximum absolute atomic E-state index is 11.4. The van der Waals surface area contributed by atoms with Gasteiger partial charge in [0, 0.05) is 12.4 Å². The van der Waals surface area contributed by atoms with Crippen LogP contribution in [-0.2, 0) is 33.1 Å². The fourth-order valence-electron chi connectivity index (χ4n) is 1.58. The molecule has 2 saturated carbocycles. The smallest absolute Gasteiger partial charge is 0.463 e. The van der Waals surface area contributed by atoms with Gasteiger partial charge in [-0.05, 0) is 57.8 Å². The number of hydrogen-bond donors (Lipinski definition) is 0. The van der Waals surface area contributed by atoms with Crippen molar-refractivity contribution in [2.45, 2.75) is 6.54 Å². The normalized spacial score (nSPS) is 17.7. The molecule has 0 aliphatic heterocycles. The molecule has 1 aromatic rings. The van der Waals surface area contributed by atoms with E-state index in [1.165, 1.54) is 0 Å². The standard InChI is InChI=1S/C11H11N2O2.C5H5.Fe/c14-11(10-3-1-2-4-10)15-8-7-13-6-5-12-9-13;1-2-4-5-3-1;/h1-6,9H,7-8H2;1-5H;/q;;+2. The van der Waals surface area contributed by atoms with Gasteiger partial charge in [-0.3, -0.25) is 4.79 Å². The Hall–Kier alpha value is -0.801. The molecule has 0 saturated heterocycles. The molecule has 10 radical (unpaired) electrons. The van der Waals surface area contributed by atoms with Gasteiger partial charge < -0.3 is 9.30 Å². The average Bonchev–Trinajstić information content (AvgIpc) is 3.22. The summed E-state index contributed by atoms with van der Waals surface area (Å²) < 4.78 is 6.93. The molecule has 2 aliphatic rings. The summed E-state index contributed by atoms with van der Waals surface area (Å²) in [5, 5.41) is 0. The number of carbonyl (C=O) groups excluding carboxylic acids is 1. The van der Waals surface area contributed by atoms with Crippen LogP contribution < -0.4 is 0 Å². The van der Waals surface area contributed by atoms with Crippen LogP contribution in [0.15, 0.2) is 18.7 Å². The molecule has 0 aromatic carbocycles. The van der Waals surface area contributed by atoms with Crippen molar-refractivity contribution < 1.29 is 26.6 Å². The minimum atomic E-state index is -0.278. The van der Waals surface area contributed by atoms with Crippen LogP contribution in [0.1, 0.15) is 0 Å². The Kier molecular flexibility index (Phi) is 9.44. The van der Waals surface area contributed by atoms with Gasteiger partial charge in [-0.15, -0.1) is 0 Å². The Morgan fingerprint density at radius 1 is 1.05 bits per heavy atom. The molecule has 0 bridgehead atoms. The van der Waals surface area contributed by atoms with Crippen molar-refractivity contribution in [2.24, 2.45) is 0 Å². The molecular weight excluding hydrogens is 308 g/mol. The zero-order chi connectivity index (χ0) is 14.0. The number of carbonyl (C=O) groups is 1. The van der Waals surface area contributed by atoms with Gasteiger partial charge in [-0.2, -0.15) is 0 Å². The number of nitrogens with zero attached hydrogens (tertiary/aromatic N) is 2. The number of rotatable bonds is 4. The van der Waals surface area contributed by atoms with Crippen molar-refractivity contribution in [2.75, 3.05) is 6.61 Å². The van der Waals surface area contributed by atoms with E-state index in [9.17, 15) is 4.79 Å². The Bertz CT molecular complexity index is 364. The fraction of sp³-hybridized carbons (Fsp3) is 0.125. The second-order valence-electron chi connectivity index (χ2n) is 4.07. The second kappa shape index (κ2) is 10.9. The molecule has 0 amide bonds. The third-order valence-electron chi connectivity index (χ3n) is 2.60. The first-order valence-electron chi connectivity index (χ1n) is 6.37. The minimum absolute atomic E-state index is 0. The van der Waals surface area contributed by atoms with Crippen molar-refractivity contribution in [1.29, 1.82) is 0 Å². The van der Waals surface area contributed by atoms with Crippen LogP contribution in [0.5, 0.6) is 0 Å². The maximum atomic E-state index is 11.4. The number of imidazole rings is 1. The number of esters is 1. The molecule has 1 aromatic heterocycles. The quantitative estimate of drug-likeness (QED) is 0.627. The van der Waals surface area contributed by atoms with Crippen LogP contribution in [0.4, 0.5) is 0 Å². The molecule has 0 spiro atoms. The first-order chi connectivity index (χ1) is 9.86. The van der Waals surface area contributed by atoms with Crippen LogP contribution in [0.25, 0.3) is 0 Å². The first kappa shape index (κ1) is 18.2. The summed E-state index contributed by atoms with van der Waals surface area (Å²) in [6.45, 7) is 0.993. The molecule has 5 heteroatoms. The Morgan fingerprint density at radius 3 is 2.19 bits per heavy atom.